The zero-order valence-corrected chi connectivity index (χ0v) is 15.9. The predicted molar refractivity (Wildman–Crippen MR) is 106 cm³/mol. The van der Waals surface area contributed by atoms with Gasteiger partial charge in [-0.05, 0) is 35.8 Å². The number of fused-ring (bicyclic) bond motifs is 1. The van der Waals surface area contributed by atoms with E-state index in [0.29, 0.717) is 6.04 Å². The Balaban J connectivity index is 1.31. The van der Waals surface area contributed by atoms with E-state index in [1.165, 1.54) is 24.0 Å². The summed E-state index contributed by atoms with van der Waals surface area (Å²) in [5, 5.41) is 0. The van der Waals surface area contributed by atoms with E-state index in [-0.39, 0.29) is 5.79 Å². The van der Waals surface area contributed by atoms with Gasteiger partial charge in [0, 0.05) is 32.0 Å². The van der Waals surface area contributed by atoms with Crippen molar-refractivity contribution in [1.29, 1.82) is 0 Å². The maximum absolute atomic E-state index is 5.99. The minimum atomic E-state index is -0.232. The van der Waals surface area contributed by atoms with E-state index < -0.39 is 0 Å². The highest BCUT2D eigenvalue weighted by atomic mass is 16.7. The van der Waals surface area contributed by atoms with Crippen LogP contribution in [0.2, 0.25) is 0 Å². The molecule has 0 amide bonds. The lowest BCUT2D eigenvalue weighted by molar-refractivity contribution is -0.156. The molecule has 1 saturated heterocycles. The molecule has 1 spiro atoms. The summed E-state index contributed by atoms with van der Waals surface area (Å²) in [6.07, 6.45) is 4.75. The fraction of sp³-hybridized carbons (Fsp3) is 0.500. The molecule has 0 radical (unpaired) electrons. The van der Waals surface area contributed by atoms with Crippen LogP contribution in [0.25, 0.3) is 0 Å². The Kier molecular flexibility index (Phi) is 4.76. The lowest BCUT2D eigenvalue weighted by Crippen LogP contribution is -2.34. The summed E-state index contributed by atoms with van der Waals surface area (Å²) in [6.45, 7) is 3.60. The van der Waals surface area contributed by atoms with Crippen LogP contribution in [0.15, 0.2) is 60.7 Å². The first-order valence-electron chi connectivity index (χ1n) is 10.4. The highest BCUT2D eigenvalue weighted by Crippen LogP contribution is 2.53. The van der Waals surface area contributed by atoms with E-state index in [1.807, 2.05) is 0 Å². The topological polar surface area (TPSA) is 21.7 Å². The minimum Gasteiger partial charge on any atom is -0.348 e. The Hall–Kier alpha value is -1.68. The lowest BCUT2D eigenvalue weighted by Gasteiger charge is -2.31. The van der Waals surface area contributed by atoms with Crippen LogP contribution in [-0.2, 0) is 22.6 Å². The van der Waals surface area contributed by atoms with Crippen LogP contribution >= 0.6 is 0 Å². The second-order valence-corrected chi connectivity index (χ2v) is 8.54. The number of nitrogens with zero attached hydrogens (tertiary/aromatic N) is 1. The molecule has 2 atom stereocenters. The third-order valence-corrected chi connectivity index (χ3v) is 6.75. The summed E-state index contributed by atoms with van der Waals surface area (Å²) in [7, 11) is 0. The molecule has 2 saturated carbocycles. The number of hydrogen-bond donors (Lipinski definition) is 0. The monoisotopic (exact) mass is 363 g/mol. The molecule has 2 unspecified atom stereocenters. The molecule has 0 bridgehead atoms. The number of benzene rings is 2. The average Bonchev–Trinajstić information content (AvgIpc) is 3.39. The summed E-state index contributed by atoms with van der Waals surface area (Å²) < 4.78 is 12.0. The number of ether oxygens (including phenoxy) is 2. The van der Waals surface area contributed by atoms with Crippen LogP contribution < -0.4 is 0 Å². The van der Waals surface area contributed by atoms with E-state index in [1.54, 1.807) is 0 Å². The number of hydrogen-bond acceptors (Lipinski definition) is 3. The third kappa shape index (κ3) is 3.69. The maximum Gasteiger partial charge on any atom is 0.169 e. The van der Waals surface area contributed by atoms with Gasteiger partial charge < -0.3 is 9.47 Å². The van der Waals surface area contributed by atoms with Gasteiger partial charge in [0.15, 0.2) is 5.79 Å². The molecule has 5 rings (SSSR count). The molecule has 3 heteroatoms. The standard InChI is InChI=1S/C24H29NO2/c1-3-7-19(8-4-1)17-25(18-20-9-5-2-6-10-20)23-13-21-15-24(16-22(21)14-23)26-11-12-27-24/h1-10,21-23H,11-18H2. The van der Waals surface area contributed by atoms with E-state index in [4.69, 9.17) is 9.47 Å². The maximum atomic E-state index is 5.99. The van der Waals surface area contributed by atoms with Crippen LogP contribution in [0.3, 0.4) is 0 Å². The normalized spacial score (nSPS) is 28.9. The first-order chi connectivity index (χ1) is 13.3. The Morgan fingerprint density at radius 1 is 0.741 bits per heavy atom. The Labute approximate surface area is 162 Å². The quantitative estimate of drug-likeness (QED) is 0.774. The van der Waals surface area contributed by atoms with E-state index in [9.17, 15) is 0 Å². The summed E-state index contributed by atoms with van der Waals surface area (Å²) in [5.41, 5.74) is 2.81. The molecule has 0 N–H and O–H groups in total. The fourth-order valence-electron chi connectivity index (χ4n) is 5.54. The molecule has 3 aliphatic rings. The number of rotatable bonds is 5. The Morgan fingerprint density at radius 2 is 1.22 bits per heavy atom. The average molecular weight is 364 g/mol. The first kappa shape index (κ1) is 17.4. The molecule has 2 aromatic rings. The molecule has 1 aliphatic heterocycles. The van der Waals surface area contributed by atoms with Crippen molar-refractivity contribution in [2.45, 2.75) is 50.6 Å². The molecule has 27 heavy (non-hydrogen) atoms. The van der Waals surface area contributed by atoms with Crippen LogP contribution in [-0.4, -0.2) is 29.9 Å². The Morgan fingerprint density at radius 3 is 1.70 bits per heavy atom. The van der Waals surface area contributed by atoms with E-state index in [2.05, 4.69) is 65.6 Å². The second-order valence-electron chi connectivity index (χ2n) is 8.54. The second kappa shape index (κ2) is 7.38. The van der Waals surface area contributed by atoms with Gasteiger partial charge in [0.25, 0.3) is 0 Å². The smallest absolute Gasteiger partial charge is 0.169 e. The molecule has 2 aromatic carbocycles. The highest BCUT2D eigenvalue weighted by molar-refractivity contribution is 5.18. The van der Waals surface area contributed by atoms with Crippen LogP contribution in [0.1, 0.15) is 36.8 Å². The molecule has 2 aliphatic carbocycles. The van der Waals surface area contributed by atoms with Crippen molar-refractivity contribution in [1.82, 2.24) is 4.90 Å². The fourth-order valence-corrected chi connectivity index (χ4v) is 5.54. The summed E-state index contributed by atoms with van der Waals surface area (Å²) in [6, 6.07) is 22.5. The minimum absolute atomic E-state index is 0.232. The van der Waals surface area contributed by atoms with E-state index in [0.717, 1.165) is 51.0 Å². The van der Waals surface area contributed by atoms with Crippen LogP contribution in [0.5, 0.6) is 0 Å². The van der Waals surface area contributed by atoms with Gasteiger partial charge in [0.1, 0.15) is 0 Å². The van der Waals surface area contributed by atoms with Gasteiger partial charge in [-0.15, -0.1) is 0 Å². The summed E-state index contributed by atoms with van der Waals surface area (Å²) >= 11 is 0. The van der Waals surface area contributed by atoms with Crippen molar-refractivity contribution >= 4 is 0 Å². The zero-order chi connectivity index (χ0) is 18.1. The largest absolute Gasteiger partial charge is 0.348 e. The summed E-state index contributed by atoms with van der Waals surface area (Å²) in [4.78, 5) is 2.70. The van der Waals surface area contributed by atoms with Crippen molar-refractivity contribution in [2.24, 2.45) is 11.8 Å². The third-order valence-electron chi connectivity index (χ3n) is 6.75. The van der Waals surface area contributed by atoms with E-state index >= 15 is 0 Å². The molecule has 3 fully saturated rings. The molecular weight excluding hydrogens is 334 g/mol. The molecule has 1 heterocycles. The van der Waals surface area contributed by atoms with Gasteiger partial charge in [-0.3, -0.25) is 4.90 Å². The van der Waals surface area contributed by atoms with Gasteiger partial charge in [-0.1, -0.05) is 60.7 Å². The van der Waals surface area contributed by atoms with Gasteiger partial charge in [0.2, 0.25) is 0 Å². The van der Waals surface area contributed by atoms with Crippen LogP contribution in [0.4, 0.5) is 0 Å². The molecular formula is C24H29NO2. The predicted octanol–water partition coefficient (Wildman–Crippen LogP) is 4.62. The molecule has 142 valence electrons. The SMILES string of the molecule is c1ccc(CN(Cc2ccccc2)C2CC3CC4(CC3C2)OCCO4)cc1. The van der Waals surface area contributed by atoms with Gasteiger partial charge in [-0.2, -0.15) is 0 Å². The lowest BCUT2D eigenvalue weighted by atomic mass is 10.0. The highest BCUT2D eigenvalue weighted by Gasteiger charge is 2.53. The van der Waals surface area contributed by atoms with Crippen molar-refractivity contribution in [3.8, 4) is 0 Å². The Bertz CT molecular complexity index is 684. The van der Waals surface area contributed by atoms with Gasteiger partial charge in [-0.25, -0.2) is 0 Å². The zero-order valence-electron chi connectivity index (χ0n) is 15.9. The van der Waals surface area contributed by atoms with Gasteiger partial charge >= 0.3 is 0 Å². The van der Waals surface area contributed by atoms with Crippen molar-refractivity contribution < 1.29 is 9.47 Å². The summed E-state index contributed by atoms with van der Waals surface area (Å²) in [5.74, 6) is 1.27. The van der Waals surface area contributed by atoms with Crippen molar-refractivity contribution in [2.75, 3.05) is 13.2 Å². The van der Waals surface area contributed by atoms with Gasteiger partial charge in [0.05, 0.1) is 13.2 Å². The molecule has 3 nitrogen and oxygen atoms in total. The molecule has 0 aromatic heterocycles. The first-order valence-corrected chi connectivity index (χ1v) is 10.4. The van der Waals surface area contributed by atoms with Crippen molar-refractivity contribution in [3.05, 3.63) is 71.8 Å². The van der Waals surface area contributed by atoms with Crippen LogP contribution in [0, 0.1) is 11.8 Å². The van der Waals surface area contributed by atoms with Crippen molar-refractivity contribution in [3.63, 3.8) is 0 Å².